The Morgan fingerprint density at radius 2 is 1.32 bits per heavy atom. The monoisotopic (exact) mass is 600 g/mol. The van der Waals surface area contributed by atoms with Gasteiger partial charge in [0.15, 0.2) is 29.3 Å². The Labute approximate surface area is 245 Å². The molecule has 3 aromatic rings. The van der Waals surface area contributed by atoms with Crippen LogP contribution in [0.25, 0.3) is 16.6 Å². The first-order chi connectivity index (χ1) is 19.5. The van der Waals surface area contributed by atoms with E-state index in [-0.39, 0.29) is 11.4 Å². The number of hydrogen-bond donors (Lipinski definition) is 0. The summed E-state index contributed by atoms with van der Waals surface area (Å²) < 4.78 is 32.3. The van der Waals surface area contributed by atoms with Crippen molar-refractivity contribution in [3.63, 3.8) is 0 Å². The molecular formula is C28H28N2O9S2. The highest BCUT2D eigenvalue weighted by Gasteiger charge is 2.53. The summed E-state index contributed by atoms with van der Waals surface area (Å²) >= 11 is 11.8. The van der Waals surface area contributed by atoms with Gasteiger partial charge in [-0.1, -0.05) is 42.5 Å². The summed E-state index contributed by atoms with van der Waals surface area (Å²) in [6, 6.07) is 16.4. The number of ether oxygens (including phenoxy) is 5. The fourth-order valence-electron chi connectivity index (χ4n) is 4.75. The molecule has 2 heterocycles. The van der Waals surface area contributed by atoms with Crippen LogP contribution in [0.4, 0.5) is 0 Å². The van der Waals surface area contributed by atoms with Crippen LogP contribution < -0.4 is 0 Å². The fourth-order valence-corrected chi connectivity index (χ4v) is 5.57. The Kier molecular flexibility index (Phi) is 9.31. The standard InChI is InChI=1S/C28H28N2O9S2/c1-15(31)35-14-22-23(36-16(2)32)24(37-17(3)33)25(38-18(4)34)26(39-22)30-21-13-9-8-12-20(21)27(40)29(28(30)41)19-10-6-5-7-11-19/h5-13,22-26H,14H2,1-4H3/t22-,23+,24+,25+,26-/m1/s1. The summed E-state index contributed by atoms with van der Waals surface area (Å²) in [5.74, 6) is -2.78. The number of esters is 4. The van der Waals surface area contributed by atoms with E-state index in [4.69, 9.17) is 48.1 Å². The fraction of sp³-hybridized carbons (Fsp3) is 0.357. The molecule has 0 amide bonds. The molecule has 0 saturated carbocycles. The Morgan fingerprint density at radius 1 is 0.756 bits per heavy atom. The van der Waals surface area contributed by atoms with Crippen molar-refractivity contribution in [1.29, 1.82) is 0 Å². The van der Waals surface area contributed by atoms with Gasteiger partial charge in [-0.05, 0) is 36.5 Å². The molecule has 1 saturated heterocycles. The topological polar surface area (TPSA) is 124 Å². The quantitative estimate of drug-likeness (QED) is 0.221. The molecule has 0 bridgehead atoms. The molecule has 4 rings (SSSR count). The van der Waals surface area contributed by atoms with Crippen LogP contribution in [-0.2, 0) is 42.9 Å². The third-order valence-electron chi connectivity index (χ3n) is 6.23. The maximum absolute atomic E-state index is 12.4. The normalized spacial score (nSPS) is 22.0. The molecule has 1 aliphatic heterocycles. The van der Waals surface area contributed by atoms with Gasteiger partial charge in [0, 0.05) is 38.8 Å². The van der Waals surface area contributed by atoms with Crippen molar-refractivity contribution in [2.24, 2.45) is 0 Å². The van der Waals surface area contributed by atoms with Crippen LogP contribution in [0.3, 0.4) is 0 Å². The summed E-state index contributed by atoms with van der Waals surface area (Å²) in [4.78, 5) is 48.5. The summed E-state index contributed by atoms with van der Waals surface area (Å²) in [6.45, 7) is 4.35. The molecule has 0 radical (unpaired) electrons. The Morgan fingerprint density at radius 3 is 1.93 bits per heavy atom. The number of carbonyl (C=O) groups excluding carboxylic acids is 4. The number of carbonyl (C=O) groups is 4. The average molecular weight is 601 g/mol. The Balaban J connectivity index is 2.02. The molecule has 1 aromatic heterocycles. The molecule has 0 unspecified atom stereocenters. The van der Waals surface area contributed by atoms with E-state index in [2.05, 4.69) is 0 Å². The highest BCUT2D eigenvalue weighted by Crippen LogP contribution is 2.37. The van der Waals surface area contributed by atoms with E-state index in [9.17, 15) is 19.2 Å². The summed E-state index contributed by atoms with van der Waals surface area (Å²) in [5, 5.41) is 0.632. The number of hydrogen-bond acceptors (Lipinski definition) is 11. The van der Waals surface area contributed by atoms with Crippen LogP contribution in [0.1, 0.15) is 33.9 Å². The van der Waals surface area contributed by atoms with Crippen molar-refractivity contribution in [2.45, 2.75) is 58.3 Å². The number of rotatable bonds is 7. The van der Waals surface area contributed by atoms with E-state index in [1.807, 2.05) is 42.5 Å². The first-order valence-electron chi connectivity index (χ1n) is 12.6. The van der Waals surface area contributed by atoms with Crippen molar-refractivity contribution in [3.8, 4) is 5.69 Å². The van der Waals surface area contributed by atoms with Gasteiger partial charge in [0.25, 0.3) is 0 Å². The Bertz CT molecular complexity index is 1600. The van der Waals surface area contributed by atoms with Crippen LogP contribution in [0.5, 0.6) is 0 Å². The maximum atomic E-state index is 12.4. The number of benzene rings is 2. The van der Waals surface area contributed by atoms with E-state index < -0.39 is 54.5 Å². The maximum Gasteiger partial charge on any atom is 0.303 e. The second kappa shape index (κ2) is 12.7. The third-order valence-corrected chi connectivity index (χ3v) is 7.01. The summed E-state index contributed by atoms with van der Waals surface area (Å²) in [5.41, 5.74) is 1.21. The zero-order valence-electron chi connectivity index (χ0n) is 22.7. The third kappa shape index (κ3) is 6.53. The average Bonchev–Trinajstić information content (AvgIpc) is 2.90. The molecule has 216 valence electrons. The van der Waals surface area contributed by atoms with Crippen LogP contribution in [0.15, 0.2) is 54.6 Å². The molecule has 2 aromatic carbocycles. The highest BCUT2D eigenvalue weighted by atomic mass is 32.1. The van der Waals surface area contributed by atoms with E-state index in [1.54, 1.807) is 21.3 Å². The van der Waals surface area contributed by atoms with E-state index in [0.29, 0.717) is 21.2 Å². The second-order valence-electron chi connectivity index (χ2n) is 9.24. The summed E-state index contributed by atoms with van der Waals surface area (Å²) in [6.07, 6.45) is -6.37. The summed E-state index contributed by atoms with van der Waals surface area (Å²) in [7, 11) is 0. The molecular weight excluding hydrogens is 572 g/mol. The van der Waals surface area contributed by atoms with Gasteiger partial charge in [-0.2, -0.15) is 0 Å². The number of para-hydroxylation sites is 2. The zero-order chi connectivity index (χ0) is 29.8. The molecule has 0 spiro atoms. The predicted octanol–water partition coefficient (Wildman–Crippen LogP) is 4.15. The second-order valence-corrected chi connectivity index (χ2v) is 9.99. The van der Waals surface area contributed by atoms with Gasteiger partial charge in [-0.3, -0.25) is 28.3 Å². The van der Waals surface area contributed by atoms with E-state index in [0.717, 1.165) is 13.8 Å². The van der Waals surface area contributed by atoms with Gasteiger partial charge >= 0.3 is 23.9 Å². The van der Waals surface area contributed by atoms with Crippen LogP contribution in [0.2, 0.25) is 0 Å². The lowest BCUT2D eigenvalue weighted by atomic mass is 9.96. The van der Waals surface area contributed by atoms with Crippen molar-refractivity contribution in [2.75, 3.05) is 6.61 Å². The highest BCUT2D eigenvalue weighted by molar-refractivity contribution is 7.72. The van der Waals surface area contributed by atoms with Crippen molar-refractivity contribution in [1.82, 2.24) is 9.13 Å². The minimum atomic E-state index is -1.35. The lowest BCUT2D eigenvalue weighted by Crippen LogP contribution is -2.60. The minimum Gasteiger partial charge on any atom is -0.463 e. The minimum absolute atomic E-state index is 0.181. The first kappa shape index (κ1) is 30.0. The lowest BCUT2D eigenvalue weighted by Gasteiger charge is -2.45. The van der Waals surface area contributed by atoms with Crippen molar-refractivity contribution in [3.05, 3.63) is 64.0 Å². The van der Waals surface area contributed by atoms with Gasteiger partial charge in [0.2, 0.25) is 0 Å². The molecule has 1 aliphatic rings. The zero-order valence-corrected chi connectivity index (χ0v) is 24.3. The lowest BCUT2D eigenvalue weighted by molar-refractivity contribution is -0.268. The number of aromatic nitrogens is 2. The van der Waals surface area contributed by atoms with Gasteiger partial charge in [0.1, 0.15) is 17.4 Å². The molecule has 41 heavy (non-hydrogen) atoms. The smallest absolute Gasteiger partial charge is 0.303 e. The SMILES string of the molecule is CC(=O)OC[C@H]1O[C@@H](n2c(=S)n(-c3ccccc3)c(=S)c3ccccc32)[C@@H](OC(C)=O)[C@@H](OC(C)=O)[C@H]1OC(C)=O. The van der Waals surface area contributed by atoms with E-state index >= 15 is 0 Å². The van der Waals surface area contributed by atoms with Crippen LogP contribution in [0, 0.1) is 9.41 Å². The molecule has 0 aliphatic carbocycles. The van der Waals surface area contributed by atoms with Crippen molar-refractivity contribution >= 4 is 59.2 Å². The molecule has 0 N–H and O–H groups in total. The van der Waals surface area contributed by atoms with Crippen LogP contribution >= 0.6 is 24.4 Å². The molecule has 5 atom stereocenters. The van der Waals surface area contributed by atoms with E-state index in [1.165, 1.54) is 13.8 Å². The van der Waals surface area contributed by atoms with Gasteiger partial charge in [-0.15, -0.1) is 0 Å². The number of fused-ring (bicyclic) bond motifs is 1. The van der Waals surface area contributed by atoms with Gasteiger partial charge in [-0.25, -0.2) is 0 Å². The largest absolute Gasteiger partial charge is 0.463 e. The predicted molar refractivity (Wildman–Crippen MR) is 150 cm³/mol. The molecule has 11 nitrogen and oxygen atoms in total. The molecule has 13 heteroatoms. The van der Waals surface area contributed by atoms with Gasteiger partial charge in [0.05, 0.1) is 5.52 Å². The van der Waals surface area contributed by atoms with Gasteiger partial charge < -0.3 is 23.7 Å². The molecule has 1 fully saturated rings. The van der Waals surface area contributed by atoms with Crippen molar-refractivity contribution < 1.29 is 42.9 Å². The Hall–Kier alpha value is -3.94. The van der Waals surface area contributed by atoms with Crippen LogP contribution in [-0.4, -0.2) is 64.0 Å². The first-order valence-corrected chi connectivity index (χ1v) is 13.4. The number of nitrogens with zero attached hydrogens (tertiary/aromatic N) is 2.